The van der Waals surface area contributed by atoms with Gasteiger partial charge in [0, 0.05) is 6.08 Å². The van der Waals surface area contributed by atoms with E-state index in [1.165, 1.54) is 31.2 Å². The molecule has 0 radical (unpaired) electrons. The summed E-state index contributed by atoms with van der Waals surface area (Å²) in [6.45, 7) is 1.25. The van der Waals surface area contributed by atoms with Crippen molar-refractivity contribution in [2.75, 3.05) is 0 Å². The summed E-state index contributed by atoms with van der Waals surface area (Å²) in [5, 5.41) is -1.24. The summed E-state index contributed by atoms with van der Waals surface area (Å²) in [4.78, 5) is 3.88. The highest BCUT2D eigenvalue weighted by Gasteiger charge is 2.29. The summed E-state index contributed by atoms with van der Waals surface area (Å²) >= 11 is 0. The van der Waals surface area contributed by atoms with Gasteiger partial charge in [0.05, 0.1) is 11.3 Å². The summed E-state index contributed by atoms with van der Waals surface area (Å²) < 4.78 is 73.2. The number of hydrogen-bond donors (Lipinski definition) is 1. The normalized spacial score (nSPS) is 14.3. The molecule has 0 spiro atoms. The van der Waals surface area contributed by atoms with Gasteiger partial charge in [-0.2, -0.15) is 21.6 Å². The molecule has 2 rings (SSSR count). The molecule has 0 saturated carbocycles. The van der Waals surface area contributed by atoms with E-state index in [2.05, 4.69) is 4.98 Å². The zero-order chi connectivity index (χ0) is 17.3. The molecule has 0 fully saturated rings. The van der Waals surface area contributed by atoms with Gasteiger partial charge in [-0.25, -0.2) is 4.98 Å². The van der Waals surface area contributed by atoms with Crippen LogP contribution >= 0.6 is 0 Å². The van der Waals surface area contributed by atoms with Gasteiger partial charge in [0.1, 0.15) is 11.5 Å². The minimum atomic E-state index is -4.40. The number of rotatable bonds is 4. The lowest BCUT2D eigenvalue weighted by Gasteiger charge is -2.05. The minimum Gasteiger partial charge on any atom is -0.445 e. The van der Waals surface area contributed by atoms with Crippen LogP contribution in [0.3, 0.4) is 0 Å². The summed E-state index contributed by atoms with van der Waals surface area (Å²) in [7, 11) is -4.28. The van der Waals surface area contributed by atoms with Crippen molar-refractivity contribution in [2.24, 2.45) is 0 Å². The summed E-state index contributed by atoms with van der Waals surface area (Å²) in [6.07, 6.45) is -0.465. The average molecular weight is 347 g/mol. The largest absolute Gasteiger partial charge is 0.445 e. The molecule has 1 heterocycles. The SMILES string of the molecule is CC(c1coc(/C=C/c2ccc(C(F)(F)F)cc2)n1)S(=O)(=O)O. The predicted octanol–water partition coefficient (Wildman–Crippen LogP) is 3.81. The van der Waals surface area contributed by atoms with Crippen LogP contribution in [-0.4, -0.2) is 18.0 Å². The van der Waals surface area contributed by atoms with Gasteiger partial charge in [-0.3, -0.25) is 4.55 Å². The van der Waals surface area contributed by atoms with Crippen LogP contribution in [-0.2, 0) is 16.3 Å². The van der Waals surface area contributed by atoms with Gasteiger partial charge >= 0.3 is 6.18 Å². The Bertz CT molecular complexity index is 807. The van der Waals surface area contributed by atoms with Crippen LogP contribution in [0.2, 0.25) is 0 Å². The minimum absolute atomic E-state index is 0.0274. The number of alkyl halides is 3. The zero-order valence-electron chi connectivity index (χ0n) is 11.8. The second-order valence-electron chi connectivity index (χ2n) is 4.72. The van der Waals surface area contributed by atoms with Crippen LogP contribution in [0.1, 0.15) is 34.9 Å². The Hall–Kier alpha value is -2.13. The monoisotopic (exact) mass is 347 g/mol. The van der Waals surface area contributed by atoms with E-state index >= 15 is 0 Å². The third-order valence-corrected chi connectivity index (χ3v) is 4.19. The van der Waals surface area contributed by atoms with Crippen LogP contribution in [0.5, 0.6) is 0 Å². The van der Waals surface area contributed by atoms with Crippen LogP contribution in [0.25, 0.3) is 12.2 Å². The first-order valence-corrected chi connectivity index (χ1v) is 7.85. The molecule has 1 unspecified atom stereocenters. The maximum atomic E-state index is 12.4. The lowest BCUT2D eigenvalue weighted by atomic mass is 10.1. The molecular formula is C14H12F3NO4S. The van der Waals surface area contributed by atoms with Crippen molar-refractivity contribution in [1.82, 2.24) is 4.98 Å². The van der Waals surface area contributed by atoms with Gasteiger partial charge in [0.2, 0.25) is 5.89 Å². The fourth-order valence-corrected chi connectivity index (χ4v) is 2.08. The fourth-order valence-electron chi connectivity index (χ4n) is 1.67. The number of halogens is 3. The molecule has 124 valence electrons. The Morgan fingerprint density at radius 3 is 2.35 bits per heavy atom. The molecule has 0 saturated heterocycles. The highest BCUT2D eigenvalue weighted by Crippen LogP contribution is 2.29. The van der Waals surface area contributed by atoms with E-state index in [9.17, 15) is 21.6 Å². The van der Waals surface area contributed by atoms with E-state index in [0.717, 1.165) is 18.4 Å². The zero-order valence-corrected chi connectivity index (χ0v) is 12.6. The highest BCUT2D eigenvalue weighted by molar-refractivity contribution is 7.86. The van der Waals surface area contributed by atoms with Crippen molar-refractivity contribution in [1.29, 1.82) is 0 Å². The third-order valence-electron chi connectivity index (χ3n) is 3.06. The lowest BCUT2D eigenvalue weighted by molar-refractivity contribution is -0.137. The third kappa shape index (κ3) is 4.42. The molecule has 1 atom stereocenters. The number of oxazole rings is 1. The quantitative estimate of drug-likeness (QED) is 0.851. The molecule has 2 aromatic rings. The smallest absolute Gasteiger partial charge is 0.416 e. The Kier molecular flexibility index (Phi) is 4.62. The number of benzene rings is 1. The predicted molar refractivity (Wildman–Crippen MR) is 76.8 cm³/mol. The van der Waals surface area contributed by atoms with E-state index in [1.807, 2.05) is 0 Å². The second-order valence-corrected chi connectivity index (χ2v) is 6.46. The van der Waals surface area contributed by atoms with E-state index < -0.39 is 27.1 Å². The fraction of sp³-hybridized carbons (Fsp3) is 0.214. The first kappa shape index (κ1) is 17.2. The van der Waals surface area contributed by atoms with Crippen LogP contribution in [0.15, 0.2) is 34.9 Å². The Morgan fingerprint density at radius 2 is 1.83 bits per heavy atom. The average Bonchev–Trinajstić information content (AvgIpc) is 2.91. The van der Waals surface area contributed by atoms with Crippen molar-refractivity contribution < 1.29 is 30.6 Å². The molecule has 0 aliphatic carbocycles. The molecule has 0 amide bonds. The summed E-state index contributed by atoms with van der Waals surface area (Å²) in [6, 6.07) is 4.45. The summed E-state index contributed by atoms with van der Waals surface area (Å²) in [5.74, 6) is 0.0652. The molecule has 1 aromatic heterocycles. The Morgan fingerprint density at radius 1 is 1.22 bits per heavy atom. The highest BCUT2D eigenvalue weighted by atomic mass is 32.2. The van der Waals surface area contributed by atoms with Gasteiger partial charge in [0.15, 0.2) is 0 Å². The van der Waals surface area contributed by atoms with Gasteiger partial charge in [-0.15, -0.1) is 0 Å². The maximum Gasteiger partial charge on any atom is 0.416 e. The van der Waals surface area contributed by atoms with E-state index in [4.69, 9.17) is 8.97 Å². The first-order chi connectivity index (χ1) is 10.6. The molecule has 1 N–H and O–H groups in total. The van der Waals surface area contributed by atoms with Crippen molar-refractivity contribution in [3.63, 3.8) is 0 Å². The number of hydrogen-bond acceptors (Lipinski definition) is 4. The standard InChI is InChI=1S/C14H12F3NO4S/c1-9(23(19,20)21)12-8-22-13(18-12)7-4-10-2-5-11(6-3-10)14(15,16)17/h2-9H,1H3,(H,19,20,21)/b7-4+. The van der Waals surface area contributed by atoms with Gasteiger partial charge < -0.3 is 4.42 Å². The van der Waals surface area contributed by atoms with E-state index in [1.54, 1.807) is 0 Å². The first-order valence-electron chi connectivity index (χ1n) is 6.34. The molecule has 23 heavy (non-hydrogen) atoms. The van der Waals surface area contributed by atoms with Crippen molar-refractivity contribution in [3.8, 4) is 0 Å². The Labute approximate surface area is 130 Å². The van der Waals surface area contributed by atoms with E-state index in [-0.39, 0.29) is 11.6 Å². The van der Waals surface area contributed by atoms with Crippen LogP contribution in [0, 0.1) is 0 Å². The van der Waals surface area contributed by atoms with Crippen molar-refractivity contribution in [3.05, 3.63) is 53.2 Å². The van der Waals surface area contributed by atoms with Crippen LogP contribution in [0.4, 0.5) is 13.2 Å². The summed E-state index contributed by atoms with van der Waals surface area (Å²) in [5.41, 5.74) is -0.241. The van der Waals surface area contributed by atoms with Gasteiger partial charge in [0.25, 0.3) is 10.1 Å². The number of nitrogens with zero attached hydrogens (tertiary/aromatic N) is 1. The van der Waals surface area contributed by atoms with Crippen molar-refractivity contribution >= 4 is 22.3 Å². The van der Waals surface area contributed by atoms with Crippen molar-refractivity contribution in [2.45, 2.75) is 18.3 Å². The van der Waals surface area contributed by atoms with E-state index in [0.29, 0.717) is 5.56 Å². The molecule has 9 heteroatoms. The molecule has 5 nitrogen and oxygen atoms in total. The topological polar surface area (TPSA) is 80.4 Å². The number of aromatic nitrogens is 1. The van der Waals surface area contributed by atoms with Gasteiger partial charge in [-0.05, 0) is 30.7 Å². The maximum absolute atomic E-state index is 12.4. The second kappa shape index (κ2) is 6.17. The molecule has 0 aliphatic heterocycles. The molecule has 0 bridgehead atoms. The molecule has 1 aromatic carbocycles. The van der Waals surface area contributed by atoms with Crippen LogP contribution < -0.4 is 0 Å². The molecule has 0 aliphatic rings. The molecular weight excluding hydrogens is 335 g/mol. The Balaban J connectivity index is 2.14. The lowest BCUT2D eigenvalue weighted by Crippen LogP contribution is -2.08. The van der Waals surface area contributed by atoms with Gasteiger partial charge in [-0.1, -0.05) is 12.1 Å².